The maximum atomic E-state index is 12.4. The fourth-order valence-electron chi connectivity index (χ4n) is 4.82. The van der Waals surface area contributed by atoms with Gasteiger partial charge in [-0.25, -0.2) is 4.79 Å². The molecular weight excluding hydrogens is 517 g/mol. The van der Waals surface area contributed by atoms with Crippen LogP contribution in [-0.2, 0) is 4.79 Å². The second-order valence-electron chi connectivity index (χ2n) is 9.28. The van der Waals surface area contributed by atoms with E-state index in [0.717, 1.165) is 25.7 Å². The molecule has 196 valence electrons. The van der Waals surface area contributed by atoms with Gasteiger partial charge < -0.3 is 20.3 Å². The Bertz CT molecular complexity index is 1190. The lowest BCUT2D eigenvalue weighted by Gasteiger charge is -2.37. The number of ether oxygens (including phenoxy) is 1. The molecule has 1 unspecified atom stereocenters. The van der Waals surface area contributed by atoms with E-state index in [4.69, 9.17) is 32.5 Å². The smallest absolute Gasteiger partial charge is 0.359 e. The Kier molecular flexibility index (Phi) is 9.02. The average molecular weight is 546 g/mol. The Morgan fingerprint density at radius 3 is 2.41 bits per heavy atom. The van der Waals surface area contributed by atoms with Crippen molar-refractivity contribution < 1.29 is 18.8 Å². The minimum atomic E-state index is -0.880. The molecule has 0 saturated heterocycles. The zero-order chi connectivity index (χ0) is 26.4. The number of hydrogen-bond donors (Lipinski definition) is 2. The van der Waals surface area contributed by atoms with Gasteiger partial charge in [0.15, 0.2) is 0 Å². The molecule has 1 fully saturated rings. The van der Waals surface area contributed by atoms with Gasteiger partial charge in [-0.3, -0.25) is 9.32 Å². The molecule has 1 saturated carbocycles. The van der Waals surface area contributed by atoms with Gasteiger partial charge in [-0.1, -0.05) is 58.7 Å². The fourth-order valence-corrected chi connectivity index (χ4v) is 5.35. The first kappa shape index (κ1) is 26.9. The van der Waals surface area contributed by atoms with E-state index in [9.17, 15) is 9.59 Å². The third kappa shape index (κ3) is 7.44. The van der Waals surface area contributed by atoms with Crippen LogP contribution in [0.25, 0.3) is 11.4 Å². The van der Waals surface area contributed by atoms with Gasteiger partial charge in [0.05, 0.1) is 0 Å². The molecule has 1 aromatic heterocycles. The number of nitrogens with zero attached hydrogens (tertiary/aromatic N) is 3. The molecule has 37 heavy (non-hydrogen) atoms. The number of halogens is 2. The van der Waals surface area contributed by atoms with Crippen LogP contribution in [-0.4, -0.2) is 53.7 Å². The Labute approximate surface area is 225 Å². The number of amides is 2. The molecule has 0 radical (unpaired) electrons. The molecule has 1 aliphatic carbocycles. The Morgan fingerprint density at radius 1 is 1.08 bits per heavy atom. The first-order chi connectivity index (χ1) is 17.8. The lowest BCUT2D eigenvalue weighted by Crippen LogP contribution is -2.44. The van der Waals surface area contributed by atoms with Crippen LogP contribution in [0.15, 0.2) is 53.1 Å². The second kappa shape index (κ2) is 12.4. The first-order valence-corrected chi connectivity index (χ1v) is 12.8. The third-order valence-electron chi connectivity index (χ3n) is 6.38. The number of rotatable bonds is 8. The van der Waals surface area contributed by atoms with Crippen molar-refractivity contribution >= 4 is 35.2 Å². The number of aromatic nitrogens is 2. The quantitative estimate of drug-likeness (QED) is 0.404. The standard InChI is InChI=1S/C26H29Cl2N5O4/c1-33(2)23(16-6-4-3-5-7-16)17-8-10-21(11-9-17)30-22(34)15-29-25(35)36-26-31-24(32-37-26)18-12-19(27)14-20(28)13-18/h3-7,12-14,17,21,23H,8-11,15H2,1-2H3,(H,29,35)(H,30,34). The van der Waals surface area contributed by atoms with Crippen molar-refractivity contribution in [2.75, 3.05) is 20.6 Å². The van der Waals surface area contributed by atoms with Crippen LogP contribution in [0.5, 0.6) is 6.08 Å². The van der Waals surface area contributed by atoms with E-state index in [1.54, 1.807) is 18.2 Å². The summed E-state index contributed by atoms with van der Waals surface area (Å²) in [6, 6.07) is 15.7. The van der Waals surface area contributed by atoms with Crippen LogP contribution in [0, 0.1) is 5.92 Å². The molecule has 9 nitrogen and oxygen atoms in total. The molecule has 2 aromatic carbocycles. The highest BCUT2D eigenvalue weighted by atomic mass is 35.5. The Balaban J connectivity index is 1.21. The van der Waals surface area contributed by atoms with E-state index in [-0.39, 0.29) is 30.4 Å². The Morgan fingerprint density at radius 2 is 1.76 bits per heavy atom. The first-order valence-electron chi connectivity index (χ1n) is 12.0. The highest BCUT2D eigenvalue weighted by Crippen LogP contribution is 2.37. The normalized spacial score (nSPS) is 18.3. The number of benzene rings is 2. The molecule has 0 aliphatic heterocycles. The summed E-state index contributed by atoms with van der Waals surface area (Å²) < 4.78 is 9.92. The van der Waals surface area contributed by atoms with Gasteiger partial charge in [0.25, 0.3) is 0 Å². The summed E-state index contributed by atoms with van der Waals surface area (Å²) in [5, 5.41) is 9.96. The fraction of sp³-hybridized carbons (Fsp3) is 0.385. The van der Waals surface area contributed by atoms with E-state index in [1.807, 2.05) is 6.07 Å². The third-order valence-corrected chi connectivity index (χ3v) is 6.82. The van der Waals surface area contributed by atoms with Gasteiger partial charge in [0.2, 0.25) is 11.7 Å². The molecule has 11 heteroatoms. The van der Waals surface area contributed by atoms with Crippen LogP contribution in [0.4, 0.5) is 4.79 Å². The van der Waals surface area contributed by atoms with Crippen molar-refractivity contribution in [1.29, 1.82) is 0 Å². The zero-order valence-electron chi connectivity index (χ0n) is 20.6. The number of carbonyl (C=O) groups is 2. The lowest BCUT2D eigenvalue weighted by molar-refractivity contribution is -0.121. The van der Waals surface area contributed by atoms with E-state index in [1.165, 1.54) is 5.56 Å². The average Bonchev–Trinajstić information content (AvgIpc) is 3.32. The maximum Gasteiger partial charge on any atom is 0.426 e. The van der Waals surface area contributed by atoms with Crippen molar-refractivity contribution in [1.82, 2.24) is 25.7 Å². The van der Waals surface area contributed by atoms with Crippen molar-refractivity contribution in [3.63, 3.8) is 0 Å². The van der Waals surface area contributed by atoms with Crippen molar-refractivity contribution in [3.05, 3.63) is 64.1 Å². The predicted molar refractivity (Wildman–Crippen MR) is 141 cm³/mol. The molecule has 1 aliphatic rings. The largest absolute Gasteiger partial charge is 0.426 e. The van der Waals surface area contributed by atoms with E-state index in [0.29, 0.717) is 27.6 Å². The second-order valence-corrected chi connectivity index (χ2v) is 10.2. The van der Waals surface area contributed by atoms with Gasteiger partial charge >= 0.3 is 12.2 Å². The highest BCUT2D eigenvalue weighted by Gasteiger charge is 2.30. The molecule has 3 aromatic rings. The topological polar surface area (TPSA) is 110 Å². The van der Waals surface area contributed by atoms with Gasteiger partial charge in [0, 0.05) is 27.7 Å². The van der Waals surface area contributed by atoms with Crippen LogP contribution in [0.3, 0.4) is 0 Å². The molecule has 1 atom stereocenters. The van der Waals surface area contributed by atoms with Crippen molar-refractivity contribution in [3.8, 4) is 17.5 Å². The Hall–Kier alpha value is -3.14. The molecule has 1 heterocycles. The molecule has 2 amide bonds. The van der Waals surface area contributed by atoms with E-state index in [2.05, 4.69) is 64.0 Å². The number of nitrogens with one attached hydrogen (secondary N) is 2. The zero-order valence-corrected chi connectivity index (χ0v) is 22.1. The minimum absolute atomic E-state index is 0.0724. The molecule has 2 N–H and O–H groups in total. The summed E-state index contributed by atoms with van der Waals surface area (Å²) >= 11 is 12.0. The van der Waals surface area contributed by atoms with Crippen molar-refractivity contribution in [2.45, 2.75) is 37.8 Å². The van der Waals surface area contributed by atoms with Gasteiger partial charge in [-0.05, 0) is 69.5 Å². The van der Waals surface area contributed by atoms with Gasteiger partial charge in [-0.2, -0.15) is 4.98 Å². The van der Waals surface area contributed by atoms with Crippen LogP contribution >= 0.6 is 23.2 Å². The predicted octanol–water partition coefficient (Wildman–Crippen LogP) is 5.11. The van der Waals surface area contributed by atoms with Crippen LogP contribution < -0.4 is 15.4 Å². The summed E-state index contributed by atoms with van der Waals surface area (Å²) in [4.78, 5) is 30.8. The lowest BCUT2D eigenvalue weighted by atomic mass is 9.78. The molecule has 4 rings (SSSR count). The minimum Gasteiger partial charge on any atom is -0.359 e. The SMILES string of the molecule is CN(C)C(c1ccccc1)C1CCC(NC(=O)CNC(=O)Oc2nc(-c3cc(Cl)cc(Cl)c3)no2)CC1. The summed E-state index contributed by atoms with van der Waals surface area (Å²) in [5.74, 6) is 0.387. The van der Waals surface area contributed by atoms with Crippen molar-refractivity contribution in [2.24, 2.45) is 5.92 Å². The van der Waals surface area contributed by atoms with E-state index < -0.39 is 6.09 Å². The molecule has 0 spiro atoms. The van der Waals surface area contributed by atoms with Crippen LogP contribution in [0.1, 0.15) is 37.3 Å². The summed E-state index contributed by atoms with van der Waals surface area (Å²) in [6.45, 7) is -0.228. The highest BCUT2D eigenvalue weighted by molar-refractivity contribution is 6.35. The maximum absolute atomic E-state index is 12.4. The number of carbonyl (C=O) groups excluding carboxylic acids is 2. The van der Waals surface area contributed by atoms with Gasteiger partial charge in [0.1, 0.15) is 6.54 Å². The van der Waals surface area contributed by atoms with E-state index >= 15 is 0 Å². The molecular formula is C26H29Cl2N5O4. The summed E-state index contributed by atoms with van der Waals surface area (Å²) in [7, 11) is 4.22. The van der Waals surface area contributed by atoms with Gasteiger partial charge in [-0.15, -0.1) is 0 Å². The summed E-state index contributed by atoms with van der Waals surface area (Å²) in [6.07, 6.45) is 2.54. The number of hydrogen-bond acceptors (Lipinski definition) is 7. The summed E-state index contributed by atoms with van der Waals surface area (Å²) in [5.41, 5.74) is 1.82. The molecule has 0 bridgehead atoms. The van der Waals surface area contributed by atoms with Crippen LogP contribution in [0.2, 0.25) is 10.0 Å². The monoisotopic (exact) mass is 545 g/mol.